The molecule has 5 heteroatoms. The van der Waals surface area contributed by atoms with Crippen molar-refractivity contribution in [3.8, 4) is 0 Å². The van der Waals surface area contributed by atoms with Gasteiger partial charge in [-0.05, 0) is 41.7 Å². The summed E-state index contributed by atoms with van der Waals surface area (Å²) in [7, 11) is 0. The van der Waals surface area contributed by atoms with Crippen molar-refractivity contribution in [3.05, 3.63) is 20.2 Å². The van der Waals surface area contributed by atoms with Crippen molar-refractivity contribution in [2.45, 2.75) is 26.0 Å². The standard InChI is InChI=1S/C9H12ClIN2S/c1-3-4-14-5-7-12-6(2)8(11)9(10)13-7/h3-5H2,1-2H3. The molecular weight excluding hydrogens is 331 g/mol. The zero-order chi connectivity index (χ0) is 10.6. The number of halogens is 2. The van der Waals surface area contributed by atoms with Crippen LogP contribution in [0.15, 0.2) is 0 Å². The molecule has 0 atom stereocenters. The molecule has 78 valence electrons. The van der Waals surface area contributed by atoms with Crippen molar-refractivity contribution in [2.24, 2.45) is 0 Å². The normalized spacial score (nSPS) is 10.6. The molecule has 1 rings (SSSR count). The van der Waals surface area contributed by atoms with E-state index in [1.54, 1.807) is 0 Å². The average Bonchev–Trinajstić information content (AvgIpc) is 2.14. The number of aromatic nitrogens is 2. The molecule has 0 N–H and O–H groups in total. The molecule has 0 aromatic carbocycles. The third-order valence-electron chi connectivity index (χ3n) is 1.60. The maximum Gasteiger partial charge on any atom is 0.146 e. The van der Waals surface area contributed by atoms with Gasteiger partial charge in [0.2, 0.25) is 0 Å². The molecule has 0 unspecified atom stereocenters. The Labute approximate surface area is 107 Å². The number of nitrogens with zero attached hydrogens (tertiary/aromatic N) is 2. The summed E-state index contributed by atoms with van der Waals surface area (Å²) in [5.74, 6) is 2.84. The molecule has 1 heterocycles. The molecule has 1 aromatic rings. The molecule has 0 aliphatic carbocycles. The molecule has 0 radical (unpaired) electrons. The molecule has 14 heavy (non-hydrogen) atoms. The van der Waals surface area contributed by atoms with Crippen LogP contribution in [0.2, 0.25) is 5.15 Å². The summed E-state index contributed by atoms with van der Waals surface area (Å²) in [6.07, 6.45) is 1.18. The van der Waals surface area contributed by atoms with E-state index in [9.17, 15) is 0 Å². The quantitative estimate of drug-likeness (QED) is 0.474. The van der Waals surface area contributed by atoms with Crippen molar-refractivity contribution in [3.63, 3.8) is 0 Å². The van der Waals surface area contributed by atoms with E-state index in [2.05, 4.69) is 39.5 Å². The van der Waals surface area contributed by atoms with Crippen molar-refractivity contribution in [1.29, 1.82) is 0 Å². The van der Waals surface area contributed by atoms with Crippen LogP contribution in [-0.2, 0) is 5.75 Å². The third-order valence-corrected chi connectivity index (χ3v) is 4.65. The number of rotatable bonds is 4. The summed E-state index contributed by atoms with van der Waals surface area (Å²) in [6.45, 7) is 4.13. The number of aryl methyl sites for hydroxylation is 1. The summed E-state index contributed by atoms with van der Waals surface area (Å²) < 4.78 is 0.952. The van der Waals surface area contributed by atoms with Crippen LogP contribution < -0.4 is 0 Å². The maximum absolute atomic E-state index is 5.96. The van der Waals surface area contributed by atoms with Gasteiger partial charge >= 0.3 is 0 Å². The van der Waals surface area contributed by atoms with E-state index in [-0.39, 0.29) is 0 Å². The minimum Gasteiger partial charge on any atom is -0.236 e. The van der Waals surface area contributed by atoms with Crippen LogP contribution in [0.25, 0.3) is 0 Å². The molecule has 0 saturated carbocycles. The summed E-state index contributed by atoms with van der Waals surface area (Å²) in [5, 5.41) is 0.574. The van der Waals surface area contributed by atoms with E-state index in [1.165, 1.54) is 6.42 Å². The van der Waals surface area contributed by atoms with Gasteiger partial charge < -0.3 is 0 Å². The molecule has 0 aliphatic heterocycles. The second-order valence-corrected chi connectivity index (χ2v) is 5.42. The van der Waals surface area contributed by atoms with Crippen molar-refractivity contribution in [1.82, 2.24) is 9.97 Å². The molecule has 2 nitrogen and oxygen atoms in total. The minimum atomic E-state index is 0.574. The van der Waals surface area contributed by atoms with Gasteiger partial charge in [0.25, 0.3) is 0 Å². The molecule has 0 amide bonds. The monoisotopic (exact) mass is 342 g/mol. The highest BCUT2D eigenvalue weighted by atomic mass is 127. The van der Waals surface area contributed by atoms with Crippen LogP contribution in [0.3, 0.4) is 0 Å². The second kappa shape index (κ2) is 6.12. The zero-order valence-corrected chi connectivity index (χ0v) is 11.9. The second-order valence-electron chi connectivity index (χ2n) is 2.88. The number of thioether (sulfide) groups is 1. The van der Waals surface area contributed by atoms with E-state index in [0.29, 0.717) is 5.15 Å². The first-order valence-corrected chi connectivity index (χ1v) is 7.02. The average molecular weight is 343 g/mol. The van der Waals surface area contributed by atoms with Crippen LogP contribution >= 0.6 is 46.0 Å². The van der Waals surface area contributed by atoms with Gasteiger partial charge in [-0.1, -0.05) is 18.5 Å². The van der Waals surface area contributed by atoms with E-state index in [0.717, 1.165) is 26.6 Å². The lowest BCUT2D eigenvalue weighted by Gasteiger charge is -2.04. The molecule has 0 fully saturated rings. The van der Waals surface area contributed by atoms with Gasteiger partial charge in [-0.3, -0.25) is 0 Å². The first-order valence-electron chi connectivity index (χ1n) is 4.41. The minimum absolute atomic E-state index is 0.574. The molecule has 0 bridgehead atoms. The fourth-order valence-electron chi connectivity index (χ4n) is 0.952. The smallest absolute Gasteiger partial charge is 0.146 e. The van der Waals surface area contributed by atoms with Crippen LogP contribution in [0.1, 0.15) is 24.9 Å². The molecular formula is C9H12ClIN2S. The molecule has 0 spiro atoms. The SMILES string of the molecule is CCCSCc1nc(C)c(I)c(Cl)n1. The van der Waals surface area contributed by atoms with E-state index >= 15 is 0 Å². The predicted molar refractivity (Wildman–Crippen MR) is 70.9 cm³/mol. The lowest BCUT2D eigenvalue weighted by Crippen LogP contribution is -1.99. The van der Waals surface area contributed by atoms with Gasteiger partial charge in [-0.2, -0.15) is 11.8 Å². The topological polar surface area (TPSA) is 25.8 Å². The van der Waals surface area contributed by atoms with Crippen LogP contribution in [0, 0.1) is 10.5 Å². The van der Waals surface area contributed by atoms with Crippen molar-refractivity contribution < 1.29 is 0 Å². The Balaban J connectivity index is 2.69. The van der Waals surface area contributed by atoms with Gasteiger partial charge in [-0.15, -0.1) is 0 Å². The van der Waals surface area contributed by atoms with Crippen molar-refractivity contribution >= 4 is 46.0 Å². The predicted octanol–water partition coefficient (Wildman–Crippen LogP) is 3.69. The van der Waals surface area contributed by atoms with Gasteiger partial charge in [0.05, 0.1) is 15.0 Å². The Morgan fingerprint density at radius 2 is 2.14 bits per heavy atom. The first-order chi connectivity index (χ1) is 6.65. The lowest BCUT2D eigenvalue weighted by atomic mass is 10.4. The van der Waals surface area contributed by atoms with Gasteiger partial charge in [-0.25, -0.2) is 9.97 Å². The highest BCUT2D eigenvalue weighted by Gasteiger charge is 2.06. The molecule has 1 aromatic heterocycles. The van der Waals surface area contributed by atoms with Gasteiger partial charge in [0, 0.05) is 0 Å². The van der Waals surface area contributed by atoms with Gasteiger partial charge in [0.1, 0.15) is 11.0 Å². The van der Waals surface area contributed by atoms with Crippen LogP contribution in [0.4, 0.5) is 0 Å². The Hall–Kier alpha value is 0.450. The fourth-order valence-corrected chi connectivity index (χ4v) is 2.17. The largest absolute Gasteiger partial charge is 0.236 e. The van der Waals surface area contributed by atoms with E-state index < -0.39 is 0 Å². The van der Waals surface area contributed by atoms with Crippen molar-refractivity contribution in [2.75, 3.05) is 5.75 Å². The van der Waals surface area contributed by atoms with Crippen LogP contribution in [-0.4, -0.2) is 15.7 Å². The van der Waals surface area contributed by atoms with E-state index in [4.69, 9.17) is 11.6 Å². The summed E-state index contributed by atoms with van der Waals surface area (Å²) in [6, 6.07) is 0. The van der Waals surface area contributed by atoms with Crippen LogP contribution in [0.5, 0.6) is 0 Å². The Bertz CT molecular complexity index is 297. The molecule has 0 saturated heterocycles. The first kappa shape index (κ1) is 12.5. The Morgan fingerprint density at radius 3 is 2.71 bits per heavy atom. The lowest BCUT2D eigenvalue weighted by molar-refractivity contribution is 0.981. The number of hydrogen-bond acceptors (Lipinski definition) is 3. The van der Waals surface area contributed by atoms with Gasteiger partial charge in [0.15, 0.2) is 0 Å². The highest BCUT2D eigenvalue weighted by Crippen LogP contribution is 2.20. The summed E-state index contributed by atoms with van der Waals surface area (Å²) in [5.41, 5.74) is 0.970. The van der Waals surface area contributed by atoms with E-state index in [1.807, 2.05) is 18.7 Å². The zero-order valence-electron chi connectivity index (χ0n) is 8.18. The highest BCUT2D eigenvalue weighted by molar-refractivity contribution is 14.1. The summed E-state index contributed by atoms with van der Waals surface area (Å²) >= 11 is 9.97. The Morgan fingerprint density at radius 1 is 1.43 bits per heavy atom. The third kappa shape index (κ3) is 3.55. The summed E-state index contributed by atoms with van der Waals surface area (Å²) in [4.78, 5) is 8.61. The molecule has 0 aliphatic rings. The maximum atomic E-state index is 5.96. The fraction of sp³-hybridized carbons (Fsp3) is 0.556. The number of hydrogen-bond donors (Lipinski definition) is 0. The Kier molecular flexibility index (Phi) is 5.48.